The SMILES string of the molecule is c1ccc(-c2ccc(-c3nc(-c4cccc(-c5cccc(-c6cc(-c7ccccc7)cc(-c7nc(-c8ccc(-c9ccccc9)cc8)nc8sc9ccccc9c78)c6)c5)c4)c4c(n3)sc3ccccc34)cc2)cc1. The normalized spacial score (nSPS) is 11.5. The van der Waals surface area contributed by atoms with E-state index in [2.05, 4.69) is 243 Å². The molecule has 4 heterocycles. The molecule has 0 atom stereocenters. The minimum Gasteiger partial charge on any atom is -0.227 e. The van der Waals surface area contributed by atoms with Crippen LogP contribution in [0.15, 0.2) is 255 Å². The van der Waals surface area contributed by atoms with Crippen LogP contribution < -0.4 is 0 Å². The monoisotopic (exact) mass is 978 g/mol. The number of benzene rings is 10. The predicted molar refractivity (Wildman–Crippen MR) is 312 cm³/mol. The van der Waals surface area contributed by atoms with Crippen molar-refractivity contribution >= 4 is 63.3 Å². The summed E-state index contributed by atoms with van der Waals surface area (Å²) in [5.41, 5.74) is 17.2. The Morgan fingerprint density at radius 2 is 0.527 bits per heavy atom. The van der Waals surface area contributed by atoms with Gasteiger partial charge in [-0.3, -0.25) is 0 Å². The average molecular weight is 979 g/mol. The van der Waals surface area contributed by atoms with Gasteiger partial charge in [0.05, 0.1) is 11.4 Å². The second-order valence-electron chi connectivity index (χ2n) is 18.6. The molecule has 0 aliphatic carbocycles. The molecule has 0 bridgehead atoms. The molecule has 74 heavy (non-hydrogen) atoms. The third-order valence-corrected chi connectivity index (χ3v) is 16.1. The Bertz CT molecular complexity index is 4390. The van der Waals surface area contributed by atoms with Crippen molar-refractivity contribution in [3.8, 4) is 101 Å². The van der Waals surface area contributed by atoms with Crippen LogP contribution >= 0.6 is 22.7 Å². The minimum absolute atomic E-state index is 0.705. The van der Waals surface area contributed by atoms with Crippen LogP contribution in [0.2, 0.25) is 0 Å². The molecule has 0 N–H and O–H groups in total. The Balaban J connectivity index is 0.889. The van der Waals surface area contributed by atoms with Crippen molar-refractivity contribution in [2.24, 2.45) is 0 Å². The van der Waals surface area contributed by atoms with Crippen LogP contribution in [0, 0.1) is 0 Å². The summed E-state index contributed by atoms with van der Waals surface area (Å²) in [5.74, 6) is 1.42. The van der Waals surface area contributed by atoms with Crippen LogP contribution in [0.3, 0.4) is 0 Å². The van der Waals surface area contributed by atoms with Crippen molar-refractivity contribution in [2.75, 3.05) is 0 Å². The Labute approximate surface area is 436 Å². The van der Waals surface area contributed by atoms with E-state index >= 15 is 0 Å². The molecule has 346 valence electrons. The van der Waals surface area contributed by atoms with E-state index in [1.165, 1.54) is 25.9 Å². The van der Waals surface area contributed by atoms with E-state index in [1.807, 2.05) is 12.1 Å². The Hall–Kier alpha value is -9.20. The van der Waals surface area contributed by atoms with E-state index in [-0.39, 0.29) is 0 Å². The van der Waals surface area contributed by atoms with Crippen LogP contribution in [0.5, 0.6) is 0 Å². The quantitative estimate of drug-likeness (QED) is 0.145. The third kappa shape index (κ3) is 8.03. The molecule has 0 unspecified atom stereocenters. The van der Waals surface area contributed by atoms with E-state index in [0.29, 0.717) is 11.6 Å². The molecule has 14 aromatic rings. The average Bonchev–Trinajstić information content (AvgIpc) is 4.08. The number of rotatable bonds is 9. The predicted octanol–water partition coefficient (Wildman–Crippen LogP) is 19.0. The largest absolute Gasteiger partial charge is 0.227 e. The number of hydrogen-bond acceptors (Lipinski definition) is 6. The van der Waals surface area contributed by atoms with Crippen molar-refractivity contribution in [3.63, 3.8) is 0 Å². The van der Waals surface area contributed by atoms with Gasteiger partial charge in [0.25, 0.3) is 0 Å². The van der Waals surface area contributed by atoms with Gasteiger partial charge in [-0.1, -0.05) is 212 Å². The van der Waals surface area contributed by atoms with E-state index in [0.717, 1.165) is 104 Å². The molecule has 0 saturated heterocycles. The summed E-state index contributed by atoms with van der Waals surface area (Å²) < 4.78 is 2.38. The first-order valence-corrected chi connectivity index (χ1v) is 26.4. The molecule has 0 fully saturated rings. The zero-order chi connectivity index (χ0) is 49.0. The maximum absolute atomic E-state index is 5.50. The first-order valence-electron chi connectivity index (χ1n) is 24.8. The molecular weight excluding hydrogens is 937 g/mol. The van der Waals surface area contributed by atoms with Gasteiger partial charge in [-0.05, 0) is 98.1 Å². The Morgan fingerprint density at radius 3 is 1.01 bits per heavy atom. The fraction of sp³-hybridized carbons (Fsp3) is 0. The number of hydrogen-bond donors (Lipinski definition) is 0. The highest BCUT2D eigenvalue weighted by Crippen LogP contribution is 2.44. The van der Waals surface area contributed by atoms with Gasteiger partial charge < -0.3 is 0 Å². The van der Waals surface area contributed by atoms with E-state index in [9.17, 15) is 0 Å². The molecule has 4 nitrogen and oxygen atoms in total. The van der Waals surface area contributed by atoms with Crippen LogP contribution in [0.4, 0.5) is 0 Å². The second kappa shape index (κ2) is 18.4. The smallest absolute Gasteiger partial charge is 0.161 e. The van der Waals surface area contributed by atoms with E-state index < -0.39 is 0 Å². The maximum atomic E-state index is 5.50. The van der Waals surface area contributed by atoms with Gasteiger partial charge >= 0.3 is 0 Å². The van der Waals surface area contributed by atoms with E-state index in [4.69, 9.17) is 19.9 Å². The lowest BCUT2D eigenvalue weighted by Gasteiger charge is -2.14. The van der Waals surface area contributed by atoms with Crippen LogP contribution in [0.1, 0.15) is 0 Å². The summed E-state index contributed by atoms with van der Waals surface area (Å²) in [4.78, 5) is 23.3. The zero-order valence-corrected chi connectivity index (χ0v) is 41.5. The van der Waals surface area contributed by atoms with E-state index in [1.54, 1.807) is 22.7 Å². The fourth-order valence-corrected chi connectivity index (χ4v) is 12.4. The fourth-order valence-electron chi connectivity index (χ4n) is 10.3. The van der Waals surface area contributed by atoms with Gasteiger partial charge in [-0.2, -0.15) is 0 Å². The summed E-state index contributed by atoms with van der Waals surface area (Å²) >= 11 is 3.44. The molecule has 4 aromatic heterocycles. The number of thiophene rings is 2. The number of nitrogens with zero attached hydrogens (tertiary/aromatic N) is 4. The van der Waals surface area contributed by atoms with Gasteiger partial charge in [0.2, 0.25) is 0 Å². The van der Waals surface area contributed by atoms with Crippen LogP contribution in [-0.4, -0.2) is 19.9 Å². The summed E-state index contributed by atoms with van der Waals surface area (Å²) in [7, 11) is 0. The van der Waals surface area contributed by atoms with Crippen molar-refractivity contribution in [1.29, 1.82) is 0 Å². The van der Waals surface area contributed by atoms with Gasteiger partial charge in [0.15, 0.2) is 11.6 Å². The maximum Gasteiger partial charge on any atom is 0.161 e. The van der Waals surface area contributed by atoms with Crippen LogP contribution in [0.25, 0.3) is 142 Å². The molecule has 0 amide bonds. The molecule has 0 aliphatic heterocycles. The summed E-state index contributed by atoms with van der Waals surface area (Å²) in [5, 5.41) is 4.48. The van der Waals surface area contributed by atoms with Crippen LogP contribution in [-0.2, 0) is 0 Å². The first-order chi connectivity index (χ1) is 36.6. The Morgan fingerprint density at radius 1 is 0.216 bits per heavy atom. The molecule has 6 heteroatoms. The van der Waals surface area contributed by atoms with Gasteiger partial charge in [-0.15, -0.1) is 22.7 Å². The summed E-state index contributed by atoms with van der Waals surface area (Å²) in [6, 6.07) is 90.7. The highest BCUT2D eigenvalue weighted by molar-refractivity contribution is 7.26. The van der Waals surface area contributed by atoms with Gasteiger partial charge in [0.1, 0.15) is 9.66 Å². The molecule has 0 aliphatic rings. The van der Waals surface area contributed by atoms with Gasteiger partial charge in [0, 0.05) is 53.2 Å². The first kappa shape index (κ1) is 43.6. The lowest BCUT2D eigenvalue weighted by Crippen LogP contribution is -1.95. The molecule has 0 radical (unpaired) electrons. The molecular formula is C68H42N4S2. The van der Waals surface area contributed by atoms with Crippen molar-refractivity contribution in [3.05, 3.63) is 255 Å². The molecule has 14 rings (SSSR count). The zero-order valence-electron chi connectivity index (χ0n) is 39.9. The second-order valence-corrected chi connectivity index (χ2v) is 20.6. The standard InChI is InChI=1S/C68H42N4S2/c1-4-16-43(17-5-1)46-30-34-48(35-31-46)65-69-63(61-57-26-10-12-28-59(57)73-67(61)71-65)53-25-15-23-51(39-53)50-22-14-24-52(38-50)55-40-54(45-20-8-3-9-21-45)41-56(42-55)64-62-58-27-11-13-29-60(58)74-68(62)72-66(70-64)49-36-32-47(33-37-49)44-18-6-2-7-19-44/h1-42H. The number of fused-ring (bicyclic) bond motifs is 6. The third-order valence-electron chi connectivity index (χ3n) is 14.0. The highest BCUT2D eigenvalue weighted by Gasteiger charge is 2.21. The van der Waals surface area contributed by atoms with Crippen molar-refractivity contribution in [2.45, 2.75) is 0 Å². The summed E-state index contributed by atoms with van der Waals surface area (Å²) in [6.07, 6.45) is 0. The topological polar surface area (TPSA) is 51.6 Å². The highest BCUT2D eigenvalue weighted by atomic mass is 32.1. The Kier molecular flexibility index (Phi) is 10.9. The molecule has 0 spiro atoms. The van der Waals surface area contributed by atoms with Crippen molar-refractivity contribution < 1.29 is 0 Å². The lowest BCUT2D eigenvalue weighted by atomic mass is 9.92. The van der Waals surface area contributed by atoms with Gasteiger partial charge in [-0.25, -0.2) is 19.9 Å². The minimum atomic E-state index is 0.705. The van der Waals surface area contributed by atoms with Crippen molar-refractivity contribution in [1.82, 2.24) is 19.9 Å². The lowest BCUT2D eigenvalue weighted by molar-refractivity contribution is 1.24. The summed E-state index contributed by atoms with van der Waals surface area (Å²) in [6.45, 7) is 0. The molecule has 0 saturated carbocycles. The number of aromatic nitrogens is 4. The molecule has 10 aromatic carbocycles.